The first-order valence-corrected chi connectivity index (χ1v) is 5.36. The Balaban J connectivity index is 2.31. The molecule has 0 aromatic rings. The minimum absolute atomic E-state index is 0.0519. The minimum Gasteiger partial charge on any atom is -0.472 e. The van der Waals surface area contributed by atoms with Crippen LogP contribution in [0.4, 0.5) is 0 Å². The fourth-order valence-electron chi connectivity index (χ4n) is 2.36. The summed E-state index contributed by atoms with van der Waals surface area (Å²) in [4.78, 5) is 22.9. The van der Waals surface area contributed by atoms with E-state index in [1.165, 1.54) is 13.4 Å². The van der Waals surface area contributed by atoms with Crippen molar-refractivity contribution < 1.29 is 28.9 Å². The van der Waals surface area contributed by atoms with Gasteiger partial charge in [-0.2, -0.15) is 0 Å². The molecule has 1 saturated heterocycles. The van der Waals surface area contributed by atoms with Crippen LogP contribution in [0.25, 0.3) is 0 Å². The molecule has 0 radical (unpaired) electrons. The lowest BCUT2D eigenvalue weighted by molar-refractivity contribution is -0.192. The summed E-state index contributed by atoms with van der Waals surface area (Å²) >= 11 is 0. The Hall–Kier alpha value is -1.56. The minimum atomic E-state index is -1.07. The maximum atomic E-state index is 11.5. The first-order valence-electron chi connectivity index (χ1n) is 5.36. The standard InChI is InChI=1S/C11H14O6/c1-5-9-6(3-8(12)17-5)7(10(13)15-2)4-16-11(9)14/h4-6,9,11,14H,3H2,1-2H3/t5-,6+,9+,11+/m0/s1. The van der Waals surface area contributed by atoms with Gasteiger partial charge in [-0.1, -0.05) is 0 Å². The molecule has 17 heavy (non-hydrogen) atoms. The van der Waals surface area contributed by atoms with Crippen LogP contribution in [-0.4, -0.2) is 36.5 Å². The molecule has 1 fully saturated rings. The lowest BCUT2D eigenvalue weighted by atomic mass is 9.77. The summed E-state index contributed by atoms with van der Waals surface area (Å²) in [6, 6.07) is 0. The summed E-state index contributed by atoms with van der Waals surface area (Å²) in [5, 5.41) is 9.72. The number of carbonyl (C=O) groups excluding carboxylic acids is 2. The number of hydrogen-bond donors (Lipinski definition) is 1. The molecule has 0 aromatic heterocycles. The normalized spacial score (nSPS) is 36.2. The fraction of sp³-hybridized carbons (Fsp3) is 0.636. The van der Waals surface area contributed by atoms with Crippen molar-refractivity contribution in [2.45, 2.75) is 25.7 Å². The van der Waals surface area contributed by atoms with Gasteiger partial charge in [-0.25, -0.2) is 4.79 Å². The third-order valence-electron chi connectivity index (χ3n) is 3.19. The highest BCUT2D eigenvalue weighted by Gasteiger charge is 2.47. The zero-order chi connectivity index (χ0) is 12.6. The van der Waals surface area contributed by atoms with Crippen molar-refractivity contribution in [1.82, 2.24) is 0 Å². The lowest BCUT2D eigenvalue weighted by Gasteiger charge is -2.40. The van der Waals surface area contributed by atoms with E-state index < -0.39 is 30.2 Å². The largest absolute Gasteiger partial charge is 0.472 e. The molecular formula is C11H14O6. The molecule has 94 valence electrons. The Morgan fingerprint density at radius 3 is 2.94 bits per heavy atom. The molecule has 0 aromatic carbocycles. The van der Waals surface area contributed by atoms with E-state index in [1.807, 2.05) is 0 Å². The van der Waals surface area contributed by atoms with Crippen LogP contribution in [0, 0.1) is 11.8 Å². The Bertz CT molecular complexity index is 374. The van der Waals surface area contributed by atoms with E-state index in [9.17, 15) is 14.7 Å². The molecule has 0 spiro atoms. The predicted octanol–water partition coefficient (Wildman–Crippen LogP) is -0.0403. The van der Waals surface area contributed by atoms with Crippen molar-refractivity contribution in [1.29, 1.82) is 0 Å². The number of cyclic esters (lactones) is 1. The summed E-state index contributed by atoms with van der Waals surface area (Å²) in [5.41, 5.74) is 0.270. The van der Waals surface area contributed by atoms with Crippen molar-refractivity contribution in [3.8, 4) is 0 Å². The fourth-order valence-corrected chi connectivity index (χ4v) is 2.36. The zero-order valence-corrected chi connectivity index (χ0v) is 9.58. The van der Waals surface area contributed by atoms with Crippen LogP contribution in [0.5, 0.6) is 0 Å². The van der Waals surface area contributed by atoms with Crippen LogP contribution in [-0.2, 0) is 23.8 Å². The van der Waals surface area contributed by atoms with E-state index in [2.05, 4.69) is 4.74 Å². The molecule has 0 aliphatic carbocycles. The van der Waals surface area contributed by atoms with Gasteiger partial charge in [0.05, 0.1) is 31.3 Å². The van der Waals surface area contributed by atoms with Gasteiger partial charge < -0.3 is 19.3 Å². The number of carbonyl (C=O) groups is 2. The number of fused-ring (bicyclic) bond motifs is 1. The van der Waals surface area contributed by atoms with Gasteiger partial charge in [0.1, 0.15) is 6.10 Å². The molecule has 0 bridgehead atoms. The maximum absolute atomic E-state index is 11.5. The first kappa shape index (κ1) is 11.9. The molecule has 0 unspecified atom stereocenters. The predicted molar refractivity (Wildman–Crippen MR) is 54.3 cm³/mol. The van der Waals surface area contributed by atoms with E-state index in [0.717, 1.165) is 0 Å². The highest BCUT2D eigenvalue weighted by atomic mass is 16.6. The van der Waals surface area contributed by atoms with Crippen LogP contribution in [0.2, 0.25) is 0 Å². The van der Waals surface area contributed by atoms with Crippen LogP contribution >= 0.6 is 0 Å². The second-order valence-corrected chi connectivity index (χ2v) is 4.17. The number of aliphatic hydroxyl groups is 1. The van der Waals surface area contributed by atoms with Crippen LogP contribution in [0.3, 0.4) is 0 Å². The lowest BCUT2D eigenvalue weighted by Crippen LogP contribution is -2.48. The molecule has 6 heteroatoms. The average Bonchev–Trinajstić information content (AvgIpc) is 2.27. The van der Waals surface area contributed by atoms with Gasteiger partial charge >= 0.3 is 11.9 Å². The van der Waals surface area contributed by atoms with Crippen molar-refractivity contribution in [2.75, 3.05) is 7.11 Å². The molecule has 6 nitrogen and oxygen atoms in total. The highest BCUT2D eigenvalue weighted by Crippen LogP contribution is 2.39. The van der Waals surface area contributed by atoms with E-state index >= 15 is 0 Å². The SMILES string of the molecule is COC(=O)C1=CO[C@@H](O)[C@@H]2[C@H](C)OC(=O)C[C@H]12. The Labute approximate surface area is 98.1 Å². The summed E-state index contributed by atoms with van der Waals surface area (Å²) in [5.74, 6) is -1.79. The monoisotopic (exact) mass is 242 g/mol. The molecule has 1 N–H and O–H groups in total. The molecule has 2 aliphatic rings. The number of aliphatic hydroxyl groups excluding tert-OH is 1. The topological polar surface area (TPSA) is 82.1 Å². The Kier molecular flexibility index (Phi) is 3.06. The smallest absolute Gasteiger partial charge is 0.337 e. The quantitative estimate of drug-likeness (QED) is 0.650. The average molecular weight is 242 g/mol. The number of methoxy groups -OCH3 is 1. The van der Waals surface area contributed by atoms with Crippen molar-refractivity contribution in [3.05, 3.63) is 11.8 Å². The number of rotatable bonds is 1. The molecule has 0 amide bonds. The van der Waals surface area contributed by atoms with Gasteiger partial charge in [-0.3, -0.25) is 4.79 Å². The van der Waals surface area contributed by atoms with Crippen molar-refractivity contribution >= 4 is 11.9 Å². The highest BCUT2D eigenvalue weighted by molar-refractivity contribution is 5.90. The summed E-state index contributed by atoms with van der Waals surface area (Å²) in [6.45, 7) is 1.67. The second-order valence-electron chi connectivity index (χ2n) is 4.17. The maximum Gasteiger partial charge on any atom is 0.337 e. The first-order chi connectivity index (χ1) is 8.04. The van der Waals surface area contributed by atoms with Crippen LogP contribution in [0.1, 0.15) is 13.3 Å². The second kappa shape index (κ2) is 4.37. The Morgan fingerprint density at radius 2 is 2.29 bits per heavy atom. The molecular weight excluding hydrogens is 228 g/mol. The van der Waals surface area contributed by atoms with Crippen molar-refractivity contribution in [3.63, 3.8) is 0 Å². The third kappa shape index (κ3) is 2.00. The van der Waals surface area contributed by atoms with E-state index in [0.29, 0.717) is 0 Å². The van der Waals surface area contributed by atoms with Crippen LogP contribution < -0.4 is 0 Å². The van der Waals surface area contributed by atoms with Gasteiger partial charge in [0.2, 0.25) is 6.29 Å². The summed E-state index contributed by atoms with van der Waals surface area (Å²) < 4.78 is 14.6. The van der Waals surface area contributed by atoms with Gasteiger partial charge in [0.15, 0.2) is 0 Å². The molecule has 0 saturated carbocycles. The van der Waals surface area contributed by atoms with Crippen molar-refractivity contribution in [2.24, 2.45) is 11.8 Å². The number of esters is 2. The number of hydrogen-bond acceptors (Lipinski definition) is 6. The van der Waals surface area contributed by atoms with Gasteiger partial charge in [0, 0.05) is 5.92 Å². The molecule has 4 atom stereocenters. The third-order valence-corrected chi connectivity index (χ3v) is 3.19. The van der Waals surface area contributed by atoms with E-state index in [1.54, 1.807) is 6.92 Å². The van der Waals surface area contributed by atoms with Gasteiger partial charge in [0.25, 0.3) is 0 Å². The summed E-state index contributed by atoms with van der Waals surface area (Å²) in [7, 11) is 1.26. The van der Waals surface area contributed by atoms with Crippen LogP contribution in [0.15, 0.2) is 11.8 Å². The zero-order valence-electron chi connectivity index (χ0n) is 9.58. The summed E-state index contributed by atoms with van der Waals surface area (Å²) in [6.07, 6.45) is -0.347. The van der Waals surface area contributed by atoms with E-state index in [-0.39, 0.29) is 18.0 Å². The van der Waals surface area contributed by atoms with E-state index in [4.69, 9.17) is 9.47 Å². The Morgan fingerprint density at radius 1 is 1.59 bits per heavy atom. The van der Waals surface area contributed by atoms with Gasteiger partial charge in [-0.05, 0) is 6.92 Å². The van der Waals surface area contributed by atoms with Gasteiger partial charge in [-0.15, -0.1) is 0 Å². The molecule has 2 heterocycles. The number of ether oxygens (including phenoxy) is 3. The molecule has 2 rings (SSSR count). The molecule has 2 aliphatic heterocycles.